The van der Waals surface area contributed by atoms with Crippen molar-refractivity contribution in [2.75, 3.05) is 31.6 Å². The second-order valence-corrected chi connectivity index (χ2v) is 9.46. The number of piperidine rings is 1. The third-order valence-corrected chi connectivity index (χ3v) is 7.05. The molecule has 3 heterocycles. The minimum absolute atomic E-state index is 0.00381. The number of rotatable bonds is 4. The molecular formula is C23H27ClF5N3O. The Kier molecular flexibility index (Phi) is 6.10. The van der Waals surface area contributed by atoms with Crippen molar-refractivity contribution in [1.82, 2.24) is 9.47 Å². The molecule has 0 radical (unpaired) electrons. The van der Waals surface area contributed by atoms with Crippen molar-refractivity contribution in [2.45, 2.75) is 57.0 Å². The number of nitrogens with zero attached hydrogens (tertiary/aromatic N) is 3. The highest BCUT2D eigenvalue weighted by molar-refractivity contribution is 6.32. The highest BCUT2D eigenvalue weighted by Crippen LogP contribution is 2.48. The van der Waals surface area contributed by atoms with E-state index < -0.39 is 23.3 Å². The molecule has 10 heteroatoms. The third-order valence-electron chi connectivity index (χ3n) is 6.76. The number of halogens is 6. The van der Waals surface area contributed by atoms with Gasteiger partial charge in [0.25, 0.3) is 0 Å². The Morgan fingerprint density at radius 2 is 1.64 bits per heavy atom. The highest BCUT2D eigenvalue weighted by atomic mass is 35.5. The monoisotopic (exact) mass is 491 g/mol. The van der Waals surface area contributed by atoms with Crippen molar-refractivity contribution in [1.29, 1.82) is 0 Å². The molecule has 0 bridgehead atoms. The first-order chi connectivity index (χ1) is 15.4. The van der Waals surface area contributed by atoms with Crippen LogP contribution >= 0.6 is 11.6 Å². The lowest BCUT2D eigenvalue weighted by molar-refractivity contribution is -0.292. The SMILES string of the molecule is CC(C)Oc1ccc(N2CCC3(CC2)c2ccc(C(F)(F)C(F)(F)F)n2CCN3C)cc1Cl. The quantitative estimate of drug-likeness (QED) is 0.488. The molecule has 2 aliphatic rings. The number of ether oxygens (including phenoxy) is 1. The maximum Gasteiger partial charge on any atom is 0.459 e. The molecule has 0 unspecified atom stereocenters. The van der Waals surface area contributed by atoms with Crippen LogP contribution in [0.4, 0.5) is 27.6 Å². The summed E-state index contributed by atoms with van der Waals surface area (Å²) < 4.78 is 74.4. The molecule has 0 amide bonds. The Bertz CT molecular complexity index is 1010. The van der Waals surface area contributed by atoms with Crippen LogP contribution in [-0.2, 0) is 18.0 Å². The lowest BCUT2D eigenvalue weighted by Crippen LogP contribution is -2.56. The summed E-state index contributed by atoms with van der Waals surface area (Å²) in [6, 6.07) is 7.97. The molecule has 0 N–H and O–H groups in total. The van der Waals surface area contributed by atoms with Gasteiger partial charge in [0.1, 0.15) is 5.75 Å². The van der Waals surface area contributed by atoms with Gasteiger partial charge in [-0.1, -0.05) is 11.6 Å². The number of aromatic nitrogens is 1. The van der Waals surface area contributed by atoms with Crippen LogP contribution in [0.2, 0.25) is 5.02 Å². The second-order valence-electron chi connectivity index (χ2n) is 9.05. The molecule has 2 aliphatic heterocycles. The number of benzene rings is 1. The zero-order chi connectivity index (χ0) is 24.2. The Morgan fingerprint density at radius 1 is 0.970 bits per heavy atom. The van der Waals surface area contributed by atoms with Crippen molar-refractivity contribution in [3.8, 4) is 5.75 Å². The Labute approximate surface area is 194 Å². The molecule has 1 spiro atoms. The van der Waals surface area contributed by atoms with Crippen molar-refractivity contribution in [3.63, 3.8) is 0 Å². The normalized spacial score (nSPS) is 19.3. The Balaban J connectivity index is 1.58. The van der Waals surface area contributed by atoms with Crippen LogP contribution in [0.15, 0.2) is 30.3 Å². The van der Waals surface area contributed by atoms with Gasteiger partial charge in [0.15, 0.2) is 0 Å². The molecular weight excluding hydrogens is 465 g/mol. The van der Waals surface area contributed by atoms with E-state index in [0.29, 0.717) is 48.9 Å². The summed E-state index contributed by atoms with van der Waals surface area (Å²) >= 11 is 6.38. The molecule has 0 aliphatic carbocycles. The molecule has 1 aromatic carbocycles. The molecule has 1 fully saturated rings. The van der Waals surface area contributed by atoms with Gasteiger partial charge in [-0.25, -0.2) is 0 Å². The van der Waals surface area contributed by atoms with Gasteiger partial charge < -0.3 is 14.2 Å². The Hall–Kier alpha value is -2.00. The summed E-state index contributed by atoms with van der Waals surface area (Å²) in [5.41, 5.74) is -0.135. The van der Waals surface area contributed by atoms with Gasteiger partial charge in [-0.15, -0.1) is 0 Å². The number of hydrogen-bond acceptors (Lipinski definition) is 3. The summed E-state index contributed by atoms with van der Waals surface area (Å²) in [5, 5.41) is 0.504. The molecule has 182 valence electrons. The third kappa shape index (κ3) is 4.07. The van der Waals surface area contributed by atoms with Crippen LogP contribution < -0.4 is 9.64 Å². The number of fused-ring (bicyclic) bond motifs is 2. The maximum atomic E-state index is 14.2. The molecule has 0 atom stereocenters. The second kappa shape index (κ2) is 8.34. The van der Waals surface area contributed by atoms with E-state index in [0.717, 1.165) is 11.8 Å². The summed E-state index contributed by atoms with van der Waals surface area (Å²) in [7, 11) is 1.91. The van der Waals surface area contributed by atoms with Crippen LogP contribution in [0.3, 0.4) is 0 Å². The van der Waals surface area contributed by atoms with Crippen LogP contribution in [-0.4, -0.2) is 48.4 Å². The largest absolute Gasteiger partial charge is 0.489 e. The minimum atomic E-state index is -5.63. The van der Waals surface area contributed by atoms with Crippen LogP contribution in [0.25, 0.3) is 0 Å². The first-order valence-electron chi connectivity index (χ1n) is 10.9. The summed E-state index contributed by atoms with van der Waals surface area (Å²) in [5.74, 6) is -4.29. The molecule has 1 saturated heterocycles. The van der Waals surface area contributed by atoms with Gasteiger partial charge in [-0.2, -0.15) is 22.0 Å². The van der Waals surface area contributed by atoms with Crippen molar-refractivity contribution < 1.29 is 26.7 Å². The first kappa shape index (κ1) is 24.1. The van der Waals surface area contributed by atoms with Gasteiger partial charge in [0.2, 0.25) is 0 Å². The molecule has 0 saturated carbocycles. The average Bonchev–Trinajstić information content (AvgIpc) is 3.18. The highest BCUT2D eigenvalue weighted by Gasteiger charge is 2.61. The van der Waals surface area contributed by atoms with Crippen LogP contribution in [0.5, 0.6) is 5.75 Å². The molecule has 33 heavy (non-hydrogen) atoms. The van der Waals surface area contributed by atoms with E-state index in [4.69, 9.17) is 16.3 Å². The van der Waals surface area contributed by atoms with E-state index in [-0.39, 0.29) is 12.6 Å². The zero-order valence-corrected chi connectivity index (χ0v) is 19.5. The fraction of sp³-hybridized carbons (Fsp3) is 0.565. The lowest BCUT2D eigenvalue weighted by Gasteiger charge is -2.51. The van der Waals surface area contributed by atoms with Gasteiger partial charge in [0, 0.05) is 37.6 Å². The predicted molar refractivity (Wildman–Crippen MR) is 117 cm³/mol. The number of alkyl halides is 5. The molecule has 2 aromatic rings. The molecule has 4 nitrogen and oxygen atoms in total. The van der Waals surface area contributed by atoms with E-state index in [9.17, 15) is 22.0 Å². The maximum absolute atomic E-state index is 14.2. The standard InChI is InChI=1S/C23H27ClF5N3O/c1-15(2)33-18-5-4-16(14-17(18)24)31-10-8-21(9-11-31)19-6-7-20(22(25,26)23(27,28)29)32(19)13-12-30(21)3/h4-7,14-15H,8-13H2,1-3H3. The van der Waals surface area contributed by atoms with E-state index >= 15 is 0 Å². The summed E-state index contributed by atoms with van der Waals surface area (Å²) in [6.45, 7) is 5.55. The fourth-order valence-corrected chi connectivity index (χ4v) is 5.22. The lowest BCUT2D eigenvalue weighted by atomic mass is 9.81. The average molecular weight is 492 g/mol. The Morgan fingerprint density at radius 3 is 2.21 bits per heavy atom. The topological polar surface area (TPSA) is 20.6 Å². The zero-order valence-electron chi connectivity index (χ0n) is 18.7. The van der Waals surface area contributed by atoms with Gasteiger partial charge in [-0.05, 0) is 64.1 Å². The van der Waals surface area contributed by atoms with Crippen molar-refractivity contribution in [3.05, 3.63) is 46.7 Å². The molecule has 4 rings (SSSR count). The van der Waals surface area contributed by atoms with E-state index in [1.54, 1.807) is 0 Å². The number of anilines is 1. The van der Waals surface area contributed by atoms with E-state index in [2.05, 4.69) is 9.80 Å². The summed E-state index contributed by atoms with van der Waals surface area (Å²) in [6.07, 6.45) is -4.46. The van der Waals surface area contributed by atoms with Gasteiger partial charge in [0.05, 0.1) is 22.4 Å². The van der Waals surface area contributed by atoms with Gasteiger partial charge in [-0.3, -0.25) is 4.90 Å². The van der Waals surface area contributed by atoms with Crippen molar-refractivity contribution >= 4 is 17.3 Å². The smallest absolute Gasteiger partial charge is 0.459 e. The first-order valence-corrected chi connectivity index (χ1v) is 11.3. The summed E-state index contributed by atoms with van der Waals surface area (Å²) in [4.78, 5) is 4.24. The number of hydrogen-bond donors (Lipinski definition) is 0. The van der Waals surface area contributed by atoms with Gasteiger partial charge >= 0.3 is 12.1 Å². The van der Waals surface area contributed by atoms with Crippen molar-refractivity contribution in [2.24, 2.45) is 0 Å². The van der Waals surface area contributed by atoms with E-state index in [1.165, 1.54) is 10.6 Å². The predicted octanol–water partition coefficient (Wildman–Crippen LogP) is 6.02. The number of likely N-dealkylation sites (N-methyl/N-ethyl adjacent to an activating group) is 1. The van der Waals surface area contributed by atoms with Crippen LogP contribution in [0, 0.1) is 0 Å². The molecule has 1 aromatic heterocycles. The van der Waals surface area contributed by atoms with E-state index in [1.807, 2.05) is 39.1 Å². The minimum Gasteiger partial charge on any atom is -0.489 e. The fourth-order valence-electron chi connectivity index (χ4n) is 5.00. The van der Waals surface area contributed by atoms with Crippen LogP contribution in [0.1, 0.15) is 38.1 Å².